The van der Waals surface area contributed by atoms with E-state index in [1.54, 1.807) is 6.07 Å². The number of rotatable bonds is 5. The largest absolute Gasteiger partial charge is 0.424 e. The Morgan fingerprint density at radius 2 is 2.12 bits per heavy atom. The molecule has 0 aliphatic rings. The molecule has 0 fully saturated rings. The van der Waals surface area contributed by atoms with E-state index in [1.807, 2.05) is 18.2 Å². The second-order valence-electron chi connectivity index (χ2n) is 3.44. The van der Waals surface area contributed by atoms with Crippen molar-refractivity contribution in [2.24, 2.45) is 0 Å². The Balaban J connectivity index is 2.00. The molecule has 92 valence electrons. The van der Waals surface area contributed by atoms with Gasteiger partial charge in [0.2, 0.25) is 10.0 Å². The number of hydrogen-bond donors (Lipinski definition) is 2. The lowest BCUT2D eigenvalue weighted by atomic mass is 10.3. The van der Waals surface area contributed by atoms with E-state index >= 15 is 0 Å². The molecular formula is C10H13N3O3S. The number of benzene rings is 1. The molecule has 0 unspecified atom stereocenters. The maximum atomic E-state index is 11.2. The molecular weight excluding hydrogens is 242 g/mol. The number of oxazole rings is 1. The molecule has 2 N–H and O–H groups in total. The highest BCUT2D eigenvalue weighted by Crippen LogP contribution is 2.17. The van der Waals surface area contributed by atoms with E-state index in [1.165, 1.54) is 7.05 Å². The third-order valence-corrected chi connectivity index (χ3v) is 3.62. The van der Waals surface area contributed by atoms with Crippen LogP contribution in [0.25, 0.3) is 11.1 Å². The maximum Gasteiger partial charge on any atom is 0.295 e. The summed E-state index contributed by atoms with van der Waals surface area (Å²) in [5.41, 5.74) is 1.41. The summed E-state index contributed by atoms with van der Waals surface area (Å²) in [4.78, 5) is 4.17. The van der Waals surface area contributed by atoms with Gasteiger partial charge in [0.15, 0.2) is 5.58 Å². The third kappa shape index (κ3) is 2.95. The van der Waals surface area contributed by atoms with Gasteiger partial charge >= 0.3 is 0 Å². The van der Waals surface area contributed by atoms with Crippen molar-refractivity contribution in [3.63, 3.8) is 0 Å². The third-order valence-electron chi connectivity index (χ3n) is 2.25. The summed E-state index contributed by atoms with van der Waals surface area (Å²) in [6, 6.07) is 7.67. The van der Waals surface area contributed by atoms with Crippen molar-refractivity contribution < 1.29 is 12.8 Å². The van der Waals surface area contributed by atoms with Crippen molar-refractivity contribution in [3.05, 3.63) is 24.3 Å². The second kappa shape index (κ2) is 4.72. The molecule has 0 saturated heterocycles. The summed E-state index contributed by atoms with van der Waals surface area (Å²) >= 11 is 0. The number of anilines is 1. The minimum Gasteiger partial charge on any atom is -0.424 e. The van der Waals surface area contributed by atoms with Crippen LogP contribution in [0.4, 0.5) is 6.01 Å². The molecule has 0 radical (unpaired) electrons. The Kier molecular flexibility index (Phi) is 3.30. The Morgan fingerprint density at radius 1 is 1.35 bits per heavy atom. The fraction of sp³-hybridized carbons (Fsp3) is 0.300. The van der Waals surface area contributed by atoms with Gasteiger partial charge < -0.3 is 9.73 Å². The molecule has 0 spiro atoms. The van der Waals surface area contributed by atoms with Gasteiger partial charge in [0.1, 0.15) is 5.52 Å². The van der Waals surface area contributed by atoms with Crippen LogP contribution in [0, 0.1) is 0 Å². The molecule has 0 amide bonds. The zero-order chi connectivity index (χ0) is 12.3. The molecule has 0 saturated carbocycles. The number of hydrogen-bond acceptors (Lipinski definition) is 5. The van der Waals surface area contributed by atoms with Gasteiger partial charge in [-0.25, -0.2) is 13.1 Å². The normalized spacial score (nSPS) is 11.8. The fourth-order valence-corrected chi connectivity index (χ4v) is 1.92. The molecule has 1 heterocycles. The van der Waals surface area contributed by atoms with Crippen molar-refractivity contribution >= 4 is 27.1 Å². The first-order valence-corrected chi connectivity index (χ1v) is 6.76. The zero-order valence-corrected chi connectivity index (χ0v) is 10.1. The first-order valence-electron chi connectivity index (χ1n) is 5.11. The summed E-state index contributed by atoms with van der Waals surface area (Å²) in [7, 11) is -1.82. The zero-order valence-electron chi connectivity index (χ0n) is 9.30. The number of aromatic nitrogens is 1. The number of fused-ring (bicyclic) bond motifs is 1. The quantitative estimate of drug-likeness (QED) is 0.825. The Labute approximate surface area is 99.1 Å². The fourth-order valence-electron chi connectivity index (χ4n) is 1.34. The lowest BCUT2D eigenvalue weighted by Gasteiger charge is -2.02. The van der Waals surface area contributed by atoms with E-state index in [4.69, 9.17) is 4.42 Å². The maximum absolute atomic E-state index is 11.2. The Morgan fingerprint density at radius 3 is 2.82 bits per heavy atom. The second-order valence-corrected chi connectivity index (χ2v) is 5.48. The van der Waals surface area contributed by atoms with Gasteiger partial charge in [-0.1, -0.05) is 12.1 Å². The molecule has 7 heteroatoms. The smallest absolute Gasteiger partial charge is 0.295 e. The van der Waals surface area contributed by atoms with Crippen LogP contribution in [0.2, 0.25) is 0 Å². The molecule has 2 rings (SSSR count). The predicted molar refractivity (Wildman–Crippen MR) is 65.3 cm³/mol. The summed E-state index contributed by atoms with van der Waals surface area (Å²) in [6.45, 7) is 0.246. The van der Waals surface area contributed by atoms with Crippen LogP contribution in [-0.4, -0.2) is 32.7 Å². The van der Waals surface area contributed by atoms with Gasteiger partial charge in [0.05, 0.1) is 5.75 Å². The summed E-state index contributed by atoms with van der Waals surface area (Å²) in [5, 5.41) is 2.83. The van der Waals surface area contributed by atoms with Crippen molar-refractivity contribution in [2.45, 2.75) is 0 Å². The SMILES string of the molecule is CNS(=O)(=O)CCNc1nc2ccccc2o1. The molecule has 6 nitrogen and oxygen atoms in total. The molecule has 0 aliphatic carbocycles. The molecule has 2 aromatic rings. The average Bonchev–Trinajstić information content (AvgIpc) is 2.71. The minimum atomic E-state index is -3.20. The molecule has 1 aromatic carbocycles. The van der Waals surface area contributed by atoms with Crippen molar-refractivity contribution in [3.8, 4) is 0 Å². The van der Waals surface area contributed by atoms with Gasteiger partial charge in [-0.2, -0.15) is 4.98 Å². The van der Waals surface area contributed by atoms with Crippen LogP contribution >= 0.6 is 0 Å². The van der Waals surface area contributed by atoms with Crippen molar-refractivity contribution in [2.75, 3.05) is 24.7 Å². The van der Waals surface area contributed by atoms with Gasteiger partial charge in [-0.3, -0.25) is 0 Å². The molecule has 0 aliphatic heterocycles. The van der Waals surface area contributed by atoms with E-state index in [0.717, 1.165) is 5.52 Å². The summed E-state index contributed by atoms with van der Waals surface area (Å²) < 4.78 is 29.9. The molecule has 0 atom stereocenters. The number of sulfonamides is 1. The van der Waals surface area contributed by atoms with Gasteiger partial charge in [-0.05, 0) is 19.2 Å². The highest BCUT2D eigenvalue weighted by molar-refractivity contribution is 7.89. The van der Waals surface area contributed by atoms with Crippen molar-refractivity contribution in [1.29, 1.82) is 0 Å². The van der Waals surface area contributed by atoms with Crippen LogP contribution in [0.1, 0.15) is 0 Å². The van der Waals surface area contributed by atoms with E-state index in [9.17, 15) is 8.42 Å². The van der Waals surface area contributed by atoms with Crippen molar-refractivity contribution in [1.82, 2.24) is 9.71 Å². The number of para-hydroxylation sites is 2. The monoisotopic (exact) mass is 255 g/mol. The number of nitrogens with zero attached hydrogens (tertiary/aromatic N) is 1. The first kappa shape index (κ1) is 11.9. The summed E-state index contributed by atoms with van der Waals surface area (Å²) in [5.74, 6) is -0.0256. The molecule has 0 bridgehead atoms. The molecule has 17 heavy (non-hydrogen) atoms. The first-order chi connectivity index (χ1) is 8.11. The van der Waals surface area contributed by atoms with E-state index in [0.29, 0.717) is 11.6 Å². The van der Waals surface area contributed by atoms with Gasteiger partial charge in [0, 0.05) is 6.54 Å². The van der Waals surface area contributed by atoms with E-state index < -0.39 is 10.0 Å². The highest BCUT2D eigenvalue weighted by atomic mass is 32.2. The standard InChI is InChI=1S/C10H13N3O3S/c1-11-17(14,15)7-6-12-10-13-8-4-2-3-5-9(8)16-10/h2-5,11H,6-7H2,1H3,(H,12,13). The highest BCUT2D eigenvalue weighted by Gasteiger charge is 2.08. The Bertz CT molecular complexity index is 573. The lowest BCUT2D eigenvalue weighted by molar-refractivity contribution is 0.587. The number of nitrogens with one attached hydrogen (secondary N) is 2. The summed E-state index contributed by atoms with van der Waals surface area (Å²) in [6.07, 6.45) is 0. The molecule has 1 aromatic heterocycles. The van der Waals surface area contributed by atoms with Crippen LogP contribution in [0.3, 0.4) is 0 Å². The topological polar surface area (TPSA) is 84.2 Å². The van der Waals surface area contributed by atoms with Crippen LogP contribution in [0.5, 0.6) is 0 Å². The minimum absolute atomic E-state index is 0.0256. The van der Waals surface area contributed by atoms with Crippen LogP contribution in [-0.2, 0) is 10.0 Å². The Hall–Kier alpha value is -1.60. The van der Waals surface area contributed by atoms with Crippen LogP contribution in [0.15, 0.2) is 28.7 Å². The lowest BCUT2D eigenvalue weighted by Crippen LogP contribution is -2.26. The predicted octanol–water partition coefficient (Wildman–Crippen LogP) is 0.789. The van der Waals surface area contributed by atoms with Gasteiger partial charge in [0.25, 0.3) is 6.01 Å². The van der Waals surface area contributed by atoms with E-state index in [-0.39, 0.29) is 12.3 Å². The van der Waals surface area contributed by atoms with E-state index in [2.05, 4.69) is 15.0 Å². The van der Waals surface area contributed by atoms with Crippen LogP contribution < -0.4 is 10.0 Å². The van der Waals surface area contributed by atoms with Gasteiger partial charge in [-0.15, -0.1) is 0 Å². The average molecular weight is 255 g/mol.